The lowest BCUT2D eigenvalue weighted by Gasteiger charge is -2.29. The number of pyridine rings is 1. The number of fused-ring (bicyclic) bond motifs is 1. The lowest BCUT2D eigenvalue weighted by Crippen LogP contribution is -2.36. The van der Waals surface area contributed by atoms with Crippen LogP contribution in [-0.4, -0.2) is 51.6 Å². The SMILES string of the molecule is O=C(Nc1cccc(-c2nc3c(Cl)cccn3c2-c2ccnc(Nc3cccc(N4CCOCC4)c3)n2)c1)c1c(F)cccc1F. The molecular formula is C34H26ClF2N7O2. The Bertz CT molecular complexity index is 2060. The van der Waals surface area contributed by atoms with Crippen LogP contribution in [0.5, 0.6) is 0 Å². The molecular weight excluding hydrogens is 612 g/mol. The van der Waals surface area contributed by atoms with Gasteiger partial charge in [0.1, 0.15) is 17.2 Å². The number of nitrogens with one attached hydrogen (secondary N) is 2. The fraction of sp³-hybridized carbons (Fsp3) is 0.118. The molecule has 0 saturated carbocycles. The molecule has 1 amide bonds. The van der Waals surface area contributed by atoms with Crippen LogP contribution >= 0.6 is 11.6 Å². The smallest absolute Gasteiger partial charge is 0.261 e. The molecule has 3 aromatic carbocycles. The Morgan fingerprint density at radius 2 is 1.63 bits per heavy atom. The zero-order valence-corrected chi connectivity index (χ0v) is 25.0. The minimum atomic E-state index is -0.952. The van der Waals surface area contributed by atoms with Crippen molar-refractivity contribution in [3.63, 3.8) is 0 Å². The summed E-state index contributed by atoms with van der Waals surface area (Å²) in [6.45, 7) is 3.02. The van der Waals surface area contributed by atoms with E-state index in [1.165, 1.54) is 6.07 Å². The first-order valence-electron chi connectivity index (χ1n) is 14.5. The van der Waals surface area contributed by atoms with Crippen molar-refractivity contribution in [2.45, 2.75) is 0 Å². The summed E-state index contributed by atoms with van der Waals surface area (Å²) in [5, 5.41) is 6.34. The molecule has 3 aromatic heterocycles. The average Bonchev–Trinajstić information content (AvgIpc) is 3.47. The normalized spacial score (nSPS) is 13.2. The van der Waals surface area contributed by atoms with Crippen LogP contribution < -0.4 is 15.5 Å². The summed E-state index contributed by atoms with van der Waals surface area (Å²) in [6, 6.07) is 23.5. The van der Waals surface area contributed by atoms with E-state index in [2.05, 4.69) is 26.6 Å². The topological polar surface area (TPSA) is 96.7 Å². The number of morpholine rings is 1. The number of aromatic nitrogens is 4. The van der Waals surface area contributed by atoms with Crippen molar-refractivity contribution in [1.29, 1.82) is 0 Å². The van der Waals surface area contributed by atoms with Gasteiger partial charge in [0.2, 0.25) is 5.95 Å². The number of amides is 1. The minimum Gasteiger partial charge on any atom is -0.378 e. The van der Waals surface area contributed by atoms with E-state index in [1.807, 2.05) is 34.9 Å². The van der Waals surface area contributed by atoms with E-state index in [0.29, 0.717) is 58.2 Å². The van der Waals surface area contributed by atoms with Gasteiger partial charge in [-0.25, -0.2) is 23.7 Å². The number of carbonyl (C=O) groups excluding carboxylic acids is 1. The number of hydrogen-bond donors (Lipinski definition) is 2. The van der Waals surface area contributed by atoms with Crippen molar-refractivity contribution in [2.24, 2.45) is 0 Å². The summed E-state index contributed by atoms with van der Waals surface area (Å²) < 4.78 is 35.9. The van der Waals surface area contributed by atoms with Crippen molar-refractivity contribution in [3.8, 4) is 22.6 Å². The second-order valence-electron chi connectivity index (χ2n) is 10.5. The largest absolute Gasteiger partial charge is 0.378 e. The monoisotopic (exact) mass is 637 g/mol. The Morgan fingerprint density at radius 1 is 0.870 bits per heavy atom. The first-order chi connectivity index (χ1) is 22.4. The van der Waals surface area contributed by atoms with Gasteiger partial charge in [-0.3, -0.25) is 9.20 Å². The number of ether oxygens (including phenoxy) is 1. The third kappa shape index (κ3) is 5.85. The summed E-state index contributed by atoms with van der Waals surface area (Å²) in [7, 11) is 0. The van der Waals surface area contributed by atoms with Crippen LogP contribution in [-0.2, 0) is 4.74 Å². The molecule has 4 heterocycles. The van der Waals surface area contributed by atoms with Crippen LogP contribution in [0.25, 0.3) is 28.3 Å². The van der Waals surface area contributed by atoms with E-state index >= 15 is 0 Å². The van der Waals surface area contributed by atoms with E-state index in [1.54, 1.807) is 42.6 Å². The van der Waals surface area contributed by atoms with E-state index in [-0.39, 0.29) is 0 Å². The summed E-state index contributed by atoms with van der Waals surface area (Å²) in [5.74, 6) is -2.43. The van der Waals surface area contributed by atoms with Crippen LogP contribution in [0.2, 0.25) is 5.02 Å². The van der Waals surface area contributed by atoms with E-state index in [0.717, 1.165) is 36.6 Å². The van der Waals surface area contributed by atoms with Crippen molar-refractivity contribution < 1.29 is 18.3 Å². The van der Waals surface area contributed by atoms with Crippen LogP contribution in [0, 0.1) is 11.6 Å². The highest BCUT2D eigenvalue weighted by Crippen LogP contribution is 2.35. The second kappa shape index (κ2) is 12.5. The molecule has 0 radical (unpaired) electrons. The average molecular weight is 638 g/mol. The molecule has 0 atom stereocenters. The number of carbonyl (C=O) groups is 1. The third-order valence-electron chi connectivity index (χ3n) is 7.56. The molecule has 0 spiro atoms. The lowest BCUT2D eigenvalue weighted by molar-refractivity contribution is 0.101. The maximum Gasteiger partial charge on any atom is 0.261 e. The Morgan fingerprint density at radius 3 is 2.46 bits per heavy atom. The van der Waals surface area contributed by atoms with Gasteiger partial charge in [0, 0.05) is 48.1 Å². The van der Waals surface area contributed by atoms with E-state index in [4.69, 9.17) is 26.3 Å². The van der Waals surface area contributed by atoms with Crippen molar-refractivity contribution in [2.75, 3.05) is 41.8 Å². The van der Waals surface area contributed by atoms with Gasteiger partial charge >= 0.3 is 0 Å². The zero-order chi connectivity index (χ0) is 31.6. The van der Waals surface area contributed by atoms with Crippen molar-refractivity contribution >= 4 is 46.2 Å². The van der Waals surface area contributed by atoms with Gasteiger partial charge in [0.15, 0.2) is 5.65 Å². The predicted molar refractivity (Wildman–Crippen MR) is 174 cm³/mol. The maximum atomic E-state index is 14.3. The van der Waals surface area contributed by atoms with E-state index < -0.39 is 23.1 Å². The van der Waals surface area contributed by atoms with Crippen molar-refractivity contribution in [3.05, 3.63) is 120 Å². The Balaban J connectivity index is 1.24. The third-order valence-corrected chi connectivity index (χ3v) is 7.86. The van der Waals surface area contributed by atoms with Crippen LogP contribution in [0.1, 0.15) is 10.4 Å². The first kappa shape index (κ1) is 29.3. The molecule has 0 bridgehead atoms. The summed E-state index contributed by atoms with van der Waals surface area (Å²) in [5.41, 5.74) is 4.42. The fourth-order valence-corrected chi connectivity index (χ4v) is 5.62. The molecule has 1 aliphatic heterocycles. The Labute approximate surface area is 267 Å². The molecule has 0 aliphatic carbocycles. The second-order valence-corrected chi connectivity index (χ2v) is 10.9. The molecule has 1 fully saturated rings. The Kier molecular flexibility index (Phi) is 8.00. The van der Waals surface area contributed by atoms with Gasteiger partial charge in [-0.1, -0.05) is 35.9 Å². The molecule has 46 heavy (non-hydrogen) atoms. The number of nitrogens with zero attached hydrogens (tertiary/aromatic N) is 5. The van der Waals surface area contributed by atoms with Crippen LogP contribution in [0.4, 0.5) is 31.8 Å². The van der Waals surface area contributed by atoms with Crippen molar-refractivity contribution in [1.82, 2.24) is 19.4 Å². The van der Waals surface area contributed by atoms with Gasteiger partial charge in [0.25, 0.3) is 5.91 Å². The molecule has 0 unspecified atom stereocenters. The molecule has 230 valence electrons. The van der Waals surface area contributed by atoms with Gasteiger partial charge in [0.05, 0.1) is 35.3 Å². The van der Waals surface area contributed by atoms with Crippen LogP contribution in [0.15, 0.2) is 97.3 Å². The van der Waals surface area contributed by atoms with Gasteiger partial charge in [-0.2, -0.15) is 0 Å². The number of hydrogen-bond acceptors (Lipinski definition) is 7. The summed E-state index contributed by atoms with van der Waals surface area (Å²) in [4.78, 5) is 29.2. The Hall–Kier alpha value is -5.39. The molecule has 1 saturated heterocycles. The van der Waals surface area contributed by atoms with E-state index in [9.17, 15) is 13.6 Å². The molecule has 7 rings (SSSR count). The first-order valence-corrected chi connectivity index (χ1v) is 14.9. The molecule has 12 heteroatoms. The zero-order valence-electron chi connectivity index (χ0n) is 24.3. The standard InChI is InChI=1S/C34H26ClF2N7O2/c35-25-9-4-14-44-31(28-12-13-38-34(41-28)40-23-7-2-8-24(20-23)43-15-17-46-18-16-43)30(42-32(25)44)21-5-1-6-22(19-21)39-33(45)29-26(36)10-3-11-27(29)37/h1-14,19-20H,15-18H2,(H,39,45)(H,38,40,41). The molecule has 1 aliphatic rings. The number of halogens is 3. The number of anilines is 4. The summed E-state index contributed by atoms with van der Waals surface area (Å²) >= 11 is 6.56. The quantitative estimate of drug-likeness (QED) is 0.191. The van der Waals surface area contributed by atoms with Crippen LogP contribution in [0.3, 0.4) is 0 Å². The predicted octanol–water partition coefficient (Wildman–Crippen LogP) is 7.22. The fourth-order valence-electron chi connectivity index (χ4n) is 5.41. The lowest BCUT2D eigenvalue weighted by atomic mass is 10.1. The minimum absolute atomic E-state index is 0.324. The highest BCUT2D eigenvalue weighted by molar-refractivity contribution is 6.33. The molecule has 6 aromatic rings. The molecule has 2 N–H and O–H groups in total. The highest BCUT2D eigenvalue weighted by Gasteiger charge is 2.21. The van der Waals surface area contributed by atoms with Gasteiger partial charge in [-0.15, -0.1) is 0 Å². The number of imidazole rings is 1. The maximum absolute atomic E-state index is 14.3. The van der Waals surface area contributed by atoms with Gasteiger partial charge in [-0.05, 0) is 60.7 Å². The van der Waals surface area contributed by atoms with Gasteiger partial charge < -0.3 is 20.3 Å². The molecule has 9 nitrogen and oxygen atoms in total. The number of rotatable bonds is 7. The summed E-state index contributed by atoms with van der Waals surface area (Å²) in [6.07, 6.45) is 3.49. The highest BCUT2D eigenvalue weighted by atomic mass is 35.5. The number of benzene rings is 3.